The maximum Gasteiger partial charge on any atom is 0.250 e. The maximum atomic E-state index is 12.4. The van der Waals surface area contributed by atoms with Crippen molar-refractivity contribution in [2.75, 3.05) is 5.32 Å². The number of amides is 1. The minimum absolute atomic E-state index is 0.129. The van der Waals surface area contributed by atoms with E-state index in [0.717, 1.165) is 5.56 Å². The molecule has 1 amide bonds. The molecule has 0 radical (unpaired) electrons. The molecule has 2 aromatic heterocycles. The van der Waals surface area contributed by atoms with Crippen LogP contribution in [0.1, 0.15) is 5.76 Å². The standard InChI is InChI=1S/C27H16Cl3N3O3S/c28-16-4-8-20(21(30)13-16)23-10-6-19(35-23)7-11-25(34)33-27(37)31-18-3-1-2-15(12-18)26-32-22-14-17(29)5-9-24(22)36-26/h1-14H,(H2,31,33,34,37)/b11-7+. The minimum atomic E-state index is -0.424. The van der Waals surface area contributed by atoms with Crippen LogP contribution in [-0.2, 0) is 4.79 Å². The number of anilines is 1. The molecule has 184 valence electrons. The van der Waals surface area contributed by atoms with Crippen molar-refractivity contribution >= 4 is 80.9 Å². The van der Waals surface area contributed by atoms with Crippen LogP contribution in [0.3, 0.4) is 0 Å². The lowest BCUT2D eigenvalue weighted by molar-refractivity contribution is -0.115. The molecule has 0 saturated carbocycles. The zero-order chi connectivity index (χ0) is 25.9. The molecule has 3 aromatic carbocycles. The van der Waals surface area contributed by atoms with Crippen LogP contribution in [0.15, 0.2) is 87.7 Å². The predicted molar refractivity (Wildman–Crippen MR) is 152 cm³/mol. The van der Waals surface area contributed by atoms with E-state index in [4.69, 9.17) is 55.9 Å². The Morgan fingerprint density at radius 2 is 1.73 bits per heavy atom. The molecule has 0 aliphatic carbocycles. The Hall–Kier alpha value is -3.62. The molecule has 0 fully saturated rings. The van der Waals surface area contributed by atoms with Crippen molar-refractivity contribution in [2.45, 2.75) is 0 Å². The molecule has 0 unspecified atom stereocenters. The number of nitrogens with zero attached hydrogens (tertiary/aromatic N) is 1. The van der Waals surface area contributed by atoms with Crippen molar-refractivity contribution < 1.29 is 13.6 Å². The fraction of sp³-hybridized carbons (Fsp3) is 0. The van der Waals surface area contributed by atoms with Gasteiger partial charge < -0.3 is 14.2 Å². The van der Waals surface area contributed by atoms with Crippen LogP contribution < -0.4 is 10.6 Å². The van der Waals surface area contributed by atoms with Crippen molar-refractivity contribution in [3.05, 3.63) is 99.7 Å². The number of aromatic nitrogens is 1. The smallest absolute Gasteiger partial charge is 0.250 e. The first kappa shape index (κ1) is 25.0. The zero-order valence-corrected chi connectivity index (χ0v) is 21.9. The fourth-order valence-electron chi connectivity index (χ4n) is 3.50. The highest BCUT2D eigenvalue weighted by atomic mass is 35.5. The van der Waals surface area contributed by atoms with Crippen LogP contribution in [0.25, 0.3) is 40.0 Å². The van der Waals surface area contributed by atoms with Crippen LogP contribution in [0.5, 0.6) is 0 Å². The van der Waals surface area contributed by atoms with E-state index in [1.165, 1.54) is 12.2 Å². The van der Waals surface area contributed by atoms with E-state index in [-0.39, 0.29) is 5.11 Å². The van der Waals surface area contributed by atoms with Crippen molar-refractivity contribution in [1.29, 1.82) is 0 Å². The van der Waals surface area contributed by atoms with Gasteiger partial charge in [-0.25, -0.2) is 4.98 Å². The first-order valence-electron chi connectivity index (χ1n) is 10.9. The quantitative estimate of drug-likeness (QED) is 0.164. The number of furan rings is 1. The Balaban J connectivity index is 1.21. The number of carbonyl (C=O) groups excluding carboxylic acids is 1. The highest BCUT2D eigenvalue weighted by molar-refractivity contribution is 7.80. The summed E-state index contributed by atoms with van der Waals surface area (Å²) in [6.45, 7) is 0. The number of halogens is 3. The highest BCUT2D eigenvalue weighted by Gasteiger charge is 2.11. The van der Waals surface area contributed by atoms with Crippen LogP contribution in [0.4, 0.5) is 5.69 Å². The van der Waals surface area contributed by atoms with Crippen molar-refractivity contribution in [3.8, 4) is 22.8 Å². The number of carbonyl (C=O) groups is 1. The summed E-state index contributed by atoms with van der Waals surface area (Å²) < 4.78 is 11.6. The molecule has 0 saturated heterocycles. The second kappa shape index (κ2) is 10.8. The summed E-state index contributed by atoms with van der Waals surface area (Å²) in [7, 11) is 0. The van der Waals surface area contributed by atoms with Crippen molar-refractivity contribution in [2.24, 2.45) is 0 Å². The van der Waals surface area contributed by atoms with Crippen molar-refractivity contribution in [1.82, 2.24) is 10.3 Å². The zero-order valence-electron chi connectivity index (χ0n) is 18.8. The van der Waals surface area contributed by atoms with Crippen LogP contribution >= 0.6 is 47.0 Å². The van der Waals surface area contributed by atoms with Gasteiger partial charge in [0.2, 0.25) is 11.8 Å². The van der Waals surface area contributed by atoms with E-state index in [2.05, 4.69) is 15.6 Å². The van der Waals surface area contributed by atoms with E-state index in [0.29, 0.717) is 54.8 Å². The molecule has 6 nitrogen and oxygen atoms in total. The van der Waals surface area contributed by atoms with E-state index >= 15 is 0 Å². The Labute approximate surface area is 231 Å². The van der Waals surface area contributed by atoms with Gasteiger partial charge in [-0.05, 0) is 85.0 Å². The third-order valence-corrected chi connectivity index (χ3v) is 6.16. The molecule has 2 N–H and O–H groups in total. The van der Waals surface area contributed by atoms with E-state index in [1.54, 1.807) is 48.5 Å². The Kier molecular flexibility index (Phi) is 7.30. The second-order valence-electron chi connectivity index (χ2n) is 7.81. The Morgan fingerprint density at radius 3 is 2.57 bits per heavy atom. The lowest BCUT2D eigenvalue weighted by Gasteiger charge is -2.08. The Morgan fingerprint density at radius 1 is 0.919 bits per heavy atom. The lowest BCUT2D eigenvalue weighted by Crippen LogP contribution is -2.32. The third-order valence-electron chi connectivity index (χ3n) is 5.18. The number of hydrogen-bond acceptors (Lipinski definition) is 5. The number of oxazole rings is 1. The average molecular weight is 569 g/mol. The molecular weight excluding hydrogens is 553 g/mol. The summed E-state index contributed by atoms with van der Waals surface area (Å²) >= 11 is 23.5. The van der Waals surface area contributed by atoms with Gasteiger partial charge in [0.1, 0.15) is 17.0 Å². The van der Waals surface area contributed by atoms with Gasteiger partial charge >= 0.3 is 0 Å². The molecule has 0 atom stereocenters. The molecule has 0 bridgehead atoms. The molecule has 10 heteroatoms. The van der Waals surface area contributed by atoms with Crippen LogP contribution in [0.2, 0.25) is 15.1 Å². The number of hydrogen-bond donors (Lipinski definition) is 2. The third kappa shape index (κ3) is 6.03. The predicted octanol–water partition coefficient (Wildman–Crippen LogP) is 8.24. The SMILES string of the molecule is O=C(/C=C/c1ccc(-c2ccc(Cl)cc2Cl)o1)NC(=S)Nc1cccc(-c2nc3cc(Cl)ccc3o2)c1. The number of benzene rings is 3. The summed E-state index contributed by atoms with van der Waals surface area (Å²) in [5, 5.41) is 7.30. The van der Waals surface area contributed by atoms with Gasteiger partial charge in [0.25, 0.3) is 0 Å². The summed E-state index contributed by atoms with van der Waals surface area (Å²) in [6, 6.07) is 21.2. The van der Waals surface area contributed by atoms with E-state index in [1.807, 2.05) is 24.3 Å². The molecule has 37 heavy (non-hydrogen) atoms. The minimum Gasteiger partial charge on any atom is -0.457 e. The second-order valence-corrected chi connectivity index (χ2v) is 9.50. The van der Waals surface area contributed by atoms with Gasteiger partial charge in [-0.2, -0.15) is 0 Å². The summed E-state index contributed by atoms with van der Waals surface area (Å²) in [5.41, 5.74) is 3.38. The van der Waals surface area contributed by atoms with Crippen LogP contribution in [0, 0.1) is 0 Å². The first-order valence-corrected chi connectivity index (χ1v) is 12.4. The molecule has 0 aliphatic heterocycles. The highest BCUT2D eigenvalue weighted by Crippen LogP contribution is 2.32. The number of fused-ring (bicyclic) bond motifs is 1. The van der Waals surface area contributed by atoms with Gasteiger partial charge in [0.05, 0.1) is 5.02 Å². The topological polar surface area (TPSA) is 80.3 Å². The molecular formula is C27H16Cl3N3O3S. The molecule has 5 rings (SSSR count). The number of nitrogens with one attached hydrogen (secondary N) is 2. The van der Waals surface area contributed by atoms with Gasteiger partial charge in [0, 0.05) is 32.9 Å². The molecule has 5 aromatic rings. The summed E-state index contributed by atoms with van der Waals surface area (Å²) in [4.78, 5) is 16.8. The average Bonchev–Trinajstić information content (AvgIpc) is 3.50. The van der Waals surface area contributed by atoms with Crippen molar-refractivity contribution in [3.63, 3.8) is 0 Å². The van der Waals surface area contributed by atoms with Gasteiger partial charge in [0.15, 0.2) is 10.7 Å². The van der Waals surface area contributed by atoms with Gasteiger partial charge in [-0.3, -0.25) is 10.1 Å². The first-order chi connectivity index (χ1) is 17.8. The fourth-order valence-corrected chi connectivity index (χ4v) is 4.39. The maximum absolute atomic E-state index is 12.4. The largest absolute Gasteiger partial charge is 0.457 e. The van der Waals surface area contributed by atoms with Gasteiger partial charge in [-0.1, -0.05) is 40.9 Å². The monoisotopic (exact) mass is 567 g/mol. The Bertz CT molecular complexity index is 1680. The molecule has 0 aliphatic rings. The van der Waals surface area contributed by atoms with E-state index in [9.17, 15) is 4.79 Å². The lowest BCUT2D eigenvalue weighted by atomic mass is 10.2. The van der Waals surface area contributed by atoms with E-state index < -0.39 is 5.91 Å². The number of thiocarbonyl (C=S) groups is 1. The van der Waals surface area contributed by atoms with Crippen LogP contribution in [-0.4, -0.2) is 16.0 Å². The summed E-state index contributed by atoms with van der Waals surface area (Å²) in [6.07, 6.45) is 2.85. The summed E-state index contributed by atoms with van der Waals surface area (Å²) in [5.74, 6) is 1.05. The molecule has 0 spiro atoms. The van der Waals surface area contributed by atoms with Gasteiger partial charge in [-0.15, -0.1) is 0 Å². The normalized spacial score (nSPS) is 11.2. The molecule has 2 heterocycles. The number of rotatable bonds is 5.